The maximum Gasteiger partial charge on any atom is 0.416 e. The second-order valence-corrected chi connectivity index (χ2v) is 9.70. The Hall–Kier alpha value is -1.90. The fourth-order valence-corrected chi connectivity index (χ4v) is 5.17. The van der Waals surface area contributed by atoms with E-state index in [9.17, 15) is 26.7 Å². The molecule has 0 unspecified atom stereocenters. The average molecular weight is 442 g/mol. The first-order valence-electron chi connectivity index (χ1n) is 10.1. The van der Waals surface area contributed by atoms with Crippen LogP contribution in [0.1, 0.15) is 49.3 Å². The van der Waals surface area contributed by atoms with Gasteiger partial charge in [-0.3, -0.25) is 0 Å². The number of piperidine rings is 1. The van der Waals surface area contributed by atoms with E-state index in [2.05, 4.69) is 6.92 Å². The number of alkyl halides is 3. The zero-order valence-corrected chi connectivity index (χ0v) is 17.6. The van der Waals surface area contributed by atoms with E-state index in [0.717, 1.165) is 37.0 Å². The lowest BCUT2D eigenvalue weighted by Gasteiger charge is -2.38. The molecule has 2 aromatic carbocycles. The predicted octanol–water partition coefficient (Wildman–Crippen LogP) is 4.72. The molecule has 1 fully saturated rings. The van der Waals surface area contributed by atoms with Crippen LogP contribution >= 0.6 is 0 Å². The van der Waals surface area contributed by atoms with Gasteiger partial charge in [0.05, 0.1) is 16.1 Å². The van der Waals surface area contributed by atoms with Gasteiger partial charge in [-0.05, 0) is 61.1 Å². The Labute approximate surface area is 175 Å². The van der Waals surface area contributed by atoms with E-state index in [1.165, 1.54) is 16.4 Å². The summed E-state index contributed by atoms with van der Waals surface area (Å²) >= 11 is 0. The highest BCUT2D eigenvalue weighted by Gasteiger charge is 2.39. The summed E-state index contributed by atoms with van der Waals surface area (Å²) in [4.78, 5) is 0.187. The van der Waals surface area contributed by atoms with Gasteiger partial charge in [-0.15, -0.1) is 0 Å². The van der Waals surface area contributed by atoms with Crippen LogP contribution in [0, 0.1) is 0 Å². The zero-order chi connectivity index (χ0) is 22.0. The first kappa shape index (κ1) is 22.8. The van der Waals surface area contributed by atoms with Crippen molar-refractivity contribution in [2.24, 2.45) is 0 Å². The third-order valence-corrected chi connectivity index (χ3v) is 7.57. The molecule has 0 aromatic heterocycles. The maximum atomic E-state index is 13.0. The topological polar surface area (TPSA) is 57.6 Å². The number of nitrogens with zero attached hydrogens (tertiary/aromatic N) is 1. The number of rotatable bonds is 6. The minimum atomic E-state index is -4.50. The molecule has 1 aliphatic rings. The molecule has 0 saturated carbocycles. The minimum absolute atomic E-state index is 0.0299. The van der Waals surface area contributed by atoms with Gasteiger partial charge in [0.25, 0.3) is 0 Å². The normalized spacial score (nSPS) is 17.8. The molecule has 1 saturated heterocycles. The molecule has 164 valence electrons. The van der Waals surface area contributed by atoms with Gasteiger partial charge in [0, 0.05) is 13.1 Å². The Balaban J connectivity index is 1.72. The van der Waals surface area contributed by atoms with Crippen molar-refractivity contribution in [3.8, 4) is 0 Å². The molecule has 0 atom stereocenters. The quantitative estimate of drug-likeness (QED) is 0.706. The second-order valence-electron chi connectivity index (χ2n) is 7.76. The first-order chi connectivity index (χ1) is 14.1. The van der Waals surface area contributed by atoms with E-state index < -0.39 is 27.4 Å². The third kappa shape index (κ3) is 4.87. The largest absolute Gasteiger partial charge is 0.416 e. The van der Waals surface area contributed by atoms with Crippen LogP contribution in [-0.2, 0) is 28.2 Å². The number of halogens is 3. The number of unbranched alkanes of at least 4 members (excludes halogenated alkanes) is 1. The van der Waals surface area contributed by atoms with Crippen molar-refractivity contribution in [2.75, 3.05) is 13.1 Å². The van der Waals surface area contributed by atoms with Crippen molar-refractivity contribution in [3.05, 3.63) is 65.2 Å². The summed E-state index contributed by atoms with van der Waals surface area (Å²) in [6.07, 6.45) is -1.45. The molecule has 2 aromatic rings. The van der Waals surface area contributed by atoms with Gasteiger partial charge >= 0.3 is 6.18 Å². The summed E-state index contributed by atoms with van der Waals surface area (Å²) in [5.41, 5.74) is -1.08. The molecule has 1 heterocycles. The molecular weight excluding hydrogens is 415 g/mol. The van der Waals surface area contributed by atoms with Crippen LogP contribution in [0.3, 0.4) is 0 Å². The second kappa shape index (κ2) is 8.69. The van der Waals surface area contributed by atoms with Crippen molar-refractivity contribution in [1.82, 2.24) is 4.31 Å². The Kier molecular flexibility index (Phi) is 6.60. The molecule has 0 bridgehead atoms. The molecule has 1 aliphatic heterocycles. The lowest BCUT2D eigenvalue weighted by Crippen LogP contribution is -2.45. The third-order valence-electron chi connectivity index (χ3n) is 5.66. The van der Waals surface area contributed by atoms with Gasteiger partial charge < -0.3 is 5.11 Å². The number of benzene rings is 2. The number of aliphatic hydroxyl groups is 1. The highest BCUT2D eigenvalue weighted by molar-refractivity contribution is 7.89. The van der Waals surface area contributed by atoms with Crippen LogP contribution in [0.5, 0.6) is 0 Å². The number of sulfonamides is 1. The fourth-order valence-electron chi connectivity index (χ4n) is 3.73. The van der Waals surface area contributed by atoms with Crippen LogP contribution in [0.4, 0.5) is 13.2 Å². The summed E-state index contributed by atoms with van der Waals surface area (Å²) in [7, 11) is -3.72. The van der Waals surface area contributed by atoms with Gasteiger partial charge in [-0.2, -0.15) is 17.5 Å². The van der Waals surface area contributed by atoms with E-state index in [4.69, 9.17) is 0 Å². The average Bonchev–Trinajstić information content (AvgIpc) is 2.72. The lowest BCUT2D eigenvalue weighted by molar-refractivity contribution is -0.137. The van der Waals surface area contributed by atoms with Crippen molar-refractivity contribution in [3.63, 3.8) is 0 Å². The van der Waals surface area contributed by atoms with Gasteiger partial charge in [0.2, 0.25) is 10.0 Å². The molecule has 1 N–H and O–H groups in total. The summed E-state index contributed by atoms with van der Waals surface area (Å²) < 4.78 is 66.2. The smallest absolute Gasteiger partial charge is 0.385 e. The summed E-state index contributed by atoms with van der Waals surface area (Å²) in [5.74, 6) is 0. The predicted molar refractivity (Wildman–Crippen MR) is 108 cm³/mol. The van der Waals surface area contributed by atoms with Crippen LogP contribution in [0.15, 0.2) is 53.4 Å². The van der Waals surface area contributed by atoms with Crippen LogP contribution in [0.2, 0.25) is 0 Å². The fraction of sp³-hybridized carbons (Fsp3) is 0.455. The molecular formula is C22H26F3NO3S. The van der Waals surface area contributed by atoms with Crippen LogP contribution in [0.25, 0.3) is 0 Å². The highest BCUT2D eigenvalue weighted by Crippen LogP contribution is 2.37. The standard InChI is InChI=1S/C22H26F3NO3S/c1-2-3-5-17-8-10-20(11-9-17)30(28,29)26-14-12-21(27,13-15-26)18-6-4-7-19(16-18)22(23,24)25/h4,6-11,16,27H,2-3,5,12-15H2,1H3. The Morgan fingerprint density at radius 2 is 1.70 bits per heavy atom. The zero-order valence-electron chi connectivity index (χ0n) is 16.8. The van der Waals surface area contributed by atoms with Gasteiger partial charge in [-0.1, -0.05) is 37.6 Å². The number of aryl methyl sites for hydroxylation is 1. The summed E-state index contributed by atoms with van der Waals surface area (Å²) in [6, 6.07) is 11.4. The SMILES string of the molecule is CCCCc1ccc(S(=O)(=O)N2CCC(O)(c3cccc(C(F)(F)F)c3)CC2)cc1. The van der Waals surface area contributed by atoms with E-state index in [-0.39, 0.29) is 36.4 Å². The van der Waals surface area contributed by atoms with Crippen molar-refractivity contribution < 1.29 is 26.7 Å². The lowest BCUT2D eigenvalue weighted by atomic mass is 9.84. The van der Waals surface area contributed by atoms with E-state index in [1.807, 2.05) is 12.1 Å². The Morgan fingerprint density at radius 3 is 2.27 bits per heavy atom. The monoisotopic (exact) mass is 441 g/mol. The molecule has 30 heavy (non-hydrogen) atoms. The highest BCUT2D eigenvalue weighted by atomic mass is 32.2. The van der Waals surface area contributed by atoms with E-state index in [0.29, 0.717) is 0 Å². The van der Waals surface area contributed by atoms with Gasteiger partial charge in [0.15, 0.2) is 0 Å². The van der Waals surface area contributed by atoms with Gasteiger partial charge in [-0.25, -0.2) is 8.42 Å². The number of hydrogen-bond acceptors (Lipinski definition) is 3. The van der Waals surface area contributed by atoms with Crippen molar-refractivity contribution in [2.45, 2.75) is 55.7 Å². The summed E-state index contributed by atoms with van der Waals surface area (Å²) in [6.45, 7) is 2.16. The Morgan fingerprint density at radius 1 is 1.07 bits per heavy atom. The molecule has 8 heteroatoms. The molecule has 0 amide bonds. The van der Waals surface area contributed by atoms with Crippen molar-refractivity contribution in [1.29, 1.82) is 0 Å². The minimum Gasteiger partial charge on any atom is -0.385 e. The van der Waals surface area contributed by atoms with E-state index >= 15 is 0 Å². The molecule has 0 radical (unpaired) electrons. The number of hydrogen-bond donors (Lipinski definition) is 1. The molecule has 3 rings (SSSR count). The molecule has 0 aliphatic carbocycles. The van der Waals surface area contributed by atoms with Crippen molar-refractivity contribution >= 4 is 10.0 Å². The van der Waals surface area contributed by atoms with E-state index in [1.54, 1.807) is 12.1 Å². The molecule has 4 nitrogen and oxygen atoms in total. The van der Waals surface area contributed by atoms with Crippen LogP contribution in [-0.4, -0.2) is 30.9 Å². The molecule has 0 spiro atoms. The maximum absolute atomic E-state index is 13.0. The van der Waals surface area contributed by atoms with Gasteiger partial charge in [0.1, 0.15) is 0 Å². The summed E-state index contributed by atoms with van der Waals surface area (Å²) in [5, 5.41) is 10.9. The van der Waals surface area contributed by atoms with Crippen LogP contribution < -0.4 is 0 Å². The first-order valence-corrected chi connectivity index (χ1v) is 11.5. The Bertz CT molecular complexity index is 964.